The molecule has 5 fully saturated rings. The third-order valence-electron chi connectivity index (χ3n) is 6.80. The zero-order valence-corrected chi connectivity index (χ0v) is 12.4. The lowest BCUT2D eigenvalue weighted by atomic mass is 9.54. The first-order chi connectivity index (χ1) is 9.38. The summed E-state index contributed by atoms with van der Waals surface area (Å²) in [6, 6.07) is 1.02. The van der Waals surface area contributed by atoms with Crippen LogP contribution in [0.5, 0.6) is 0 Å². The Labute approximate surface area is 118 Å². The Morgan fingerprint density at radius 3 is 2.05 bits per heavy atom. The van der Waals surface area contributed by atoms with E-state index >= 15 is 0 Å². The average molecular weight is 264 g/mol. The highest BCUT2D eigenvalue weighted by molar-refractivity contribution is 4.97. The molecule has 1 heterocycles. The van der Waals surface area contributed by atoms with Crippen molar-refractivity contribution in [3.05, 3.63) is 0 Å². The summed E-state index contributed by atoms with van der Waals surface area (Å²) in [5, 5.41) is 2.79. The molecule has 4 saturated carbocycles. The van der Waals surface area contributed by atoms with Crippen molar-refractivity contribution in [1.82, 2.24) is 0 Å². The second-order valence-corrected chi connectivity index (χ2v) is 8.09. The van der Waals surface area contributed by atoms with Gasteiger partial charge in [0.15, 0.2) is 0 Å². The van der Waals surface area contributed by atoms with Gasteiger partial charge < -0.3 is 10.2 Å². The molecule has 1 saturated heterocycles. The summed E-state index contributed by atoms with van der Waals surface area (Å²) >= 11 is 0. The molecule has 5 rings (SSSR count). The van der Waals surface area contributed by atoms with Crippen molar-refractivity contribution in [3.8, 4) is 0 Å². The first-order valence-corrected chi connectivity index (χ1v) is 9.05. The van der Waals surface area contributed by atoms with Gasteiger partial charge in [0.25, 0.3) is 0 Å². The minimum Gasteiger partial charge on any atom is -0.339 e. The second-order valence-electron chi connectivity index (χ2n) is 8.09. The molecule has 5 aliphatic rings. The van der Waals surface area contributed by atoms with Gasteiger partial charge in [-0.1, -0.05) is 0 Å². The van der Waals surface area contributed by atoms with Crippen molar-refractivity contribution < 1.29 is 10.2 Å². The summed E-state index contributed by atoms with van der Waals surface area (Å²) in [4.78, 5) is 1.89. The van der Waals surface area contributed by atoms with Crippen LogP contribution in [0.15, 0.2) is 0 Å². The first kappa shape index (κ1) is 12.6. The predicted octanol–water partition coefficient (Wildman–Crippen LogP) is 0.443. The molecule has 0 aromatic carbocycles. The number of hydrogen-bond acceptors (Lipinski definition) is 0. The third kappa shape index (κ3) is 2.58. The monoisotopic (exact) mass is 264 g/mol. The number of quaternary nitrogens is 2. The highest BCUT2D eigenvalue weighted by atomic mass is 15.1. The van der Waals surface area contributed by atoms with Crippen molar-refractivity contribution in [1.29, 1.82) is 0 Å². The summed E-state index contributed by atoms with van der Waals surface area (Å²) in [7, 11) is 0. The van der Waals surface area contributed by atoms with E-state index in [1.54, 1.807) is 32.1 Å². The summed E-state index contributed by atoms with van der Waals surface area (Å²) in [6.07, 6.45) is 12.4. The highest BCUT2D eigenvalue weighted by Crippen LogP contribution is 2.52. The SMILES string of the molecule is C1CC[NH+](CC[NH2+]C2C3CC4CC(C3)CC2C4)CC1. The van der Waals surface area contributed by atoms with E-state index in [4.69, 9.17) is 0 Å². The molecule has 0 unspecified atom stereocenters. The van der Waals surface area contributed by atoms with Gasteiger partial charge in [0.05, 0.1) is 19.1 Å². The Bertz CT molecular complexity index is 280. The maximum Gasteiger partial charge on any atom is 0.127 e. The zero-order chi connectivity index (χ0) is 12.7. The van der Waals surface area contributed by atoms with E-state index in [1.165, 1.54) is 45.4 Å². The number of rotatable bonds is 4. The van der Waals surface area contributed by atoms with Gasteiger partial charge in [0, 0.05) is 11.8 Å². The van der Waals surface area contributed by atoms with Crippen LogP contribution < -0.4 is 10.2 Å². The third-order valence-corrected chi connectivity index (χ3v) is 6.80. The zero-order valence-electron chi connectivity index (χ0n) is 12.4. The van der Waals surface area contributed by atoms with Crippen molar-refractivity contribution >= 4 is 0 Å². The maximum atomic E-state index is 2.79. The van der Waals surface area contributed by atoms with Crippen LogP contribution in [-0.4, -0.2) is 32.2 Å². The van der Waals surface area contributed by atoms with Crippen molar-refractivity contribution in [2.75, 3.05) is 26.2 Å². The number of piperidine rings is 1. The van der Waals surface area contributed by atoms with E-state index in [0.29, 0.717) is 0 Å². The molecule has 4 aliphatic carbocycles. The van der Waals surface area contributed by atoms with Crippen LogP contribution in [0.1, 0.15) is 51.4 Å². The average Bonchev–Trinajstić information content (AvgIpc) is 2.42. The van der Waals surface area contributed by atoms with E-state index in [0.717, 1.165) is 29.7 Å². The molecule has 2 nitrogen and oxygen atoms in total. The van der Waals surface area contributed by atoms with Gasteiger partial charge in [-0.05, 0) is 63.2 Å². The maximum absolute atomic E-state index is 2.79. The molecule has 2 heteroatoms. The number of hydrogen-bond donors (Lipinski definition) is 2. The Hall–Kier alpha value is -0.0800. The topological polar surface area (TPSA) is 21.1 Å². The van der Waals surface area contributed by atoms with E-state index in [2.05, 4.69) is 5.32 Å². The molecule has 0 aromatic heterocycles. The molecule has 19 heavy (non-hydrogen) atoms. The summed E-state index contributed by atoms with van der Waals surface area (Å²) in [6.45, 7) is 5.75. The fourth-order valence-electron chi connectivity index (χ4n) is 6.13. The molecule has 3 N–H and O–H groups in total. The molecular formula is C17H32N2+2. The van der Waals surface area contributed by atoms with Gasteiger partial charge >= 0.3 is 0 Å². The molecule has 0 spiro atoms. The van der Waals surface area contributed by atoms with E-state index in [1.807, 2.05) is 4.90 Å². The lowest BCUT2D eigenvalue weighted by molar-refractivity contribution is -0.919. The first-order valence-electron chi connectivity index (χ1n) is 9.05. The van der Waals surface area contributed by atoms with Crippen LogP contribution in [0.4, 0.5) is 0 Å². The van der Waals surface area contributed by atoms with Crippen LogP contribution in [0.25, 0.3) is 0 Å². The quantitative estimate of drug-likeness (QED) is 0.735. The van der Waals surface area contributed by atoms with Crippen molar-refractivity contribution in [3.63, 3.8) is 0 Å². The van der Waals surface area contributed by atoms with Crippen molar-refractivity contribution in [2.45, 2.75) is 57.4 Å². The lowest BCUT2D eigenvalue weighted by Crippen LogP contribution is -3.15. The van der Waals surface area contributed by atoms with E-state index in [-0.39, 0.29) is 0 Å². The van der Waals surface area contributed by atoms with Crippen LogP contribution in [0, 0.1) is 23.7 Å². The molecule has 0 amide bonds. The van der Waals surface area contributed by atoms with Crippen LogP contribution in [0.2, 0.25) is 0 Å². The largest absolute Gasteiger partial charge is 0.339 e. The minimum atomic E-state index is 1.02. The molecule has 108 valence electrons. The van der Waals surface area contributed by atoms with Gasteiger partial charge in [-0.3, -0.25) is 0 Å². The Balaban J connectivity index is 1.26. The molecule has 4 bridgehead atoms. The fraction of sp³-hybridized carbons (Fsp3) is 1.00. The van der Waals surface area contributed by atoms with Crippen LogP contribution in [-0.2, 0) is 0 Å². The minimum absolute atomic E-state index is 1.02. The normalized spacial score (nSPS) is 45.8. The summed E-state index contributed by atoms with van der Waals surface area (Å²) in [5.41, 5.74) is 0. The van der Waals surface area contributed by atoms with Crippen LogP contribution in [0.3, 0.4) is 0 Å². The number of nitrogens with one attached hydrogen (secondary N) is 1. The van der Waals surface area contributed by atoms with E-state index < -0.39 is 0 Å². The highest BCUT2D eigenvalue weighted by Gasteiger charge is 2.50. The van der Waals surface area contributed by atoms with Gasteiger partial charge in [-0.25, -0.2) is 0 Å². The fourth-order valence-corrected chi connectivity index (χ4v) is 6.13. The lowest BCUT2D eigenvalue weighted by Gasteiger charge is -2.52. The number of likely N-dealkylation sites (tertiary alicyclic amines) is 1. The van der Waals surface area contributed by atoms with E-state index in [9.17, 15) is 0 Å². The Kier molecular flexibility index (Phi) is 3.57. The van der Waals surface area contributed by atoms with Gasteiger partial charge in [-0.15, -0.1) is 0 Å². The van der Waals surface area contributed by atoms with Crippen LogP contribution >= 0.6 is 0 Å². The Morgan fingerprint density at radius 2 is 1.42 bits per heavy atom. The molecule has 0 radical (unpaired) electrons. The van der Waals surface area contributed by atoms with Gasteiger partial charge in [0.1, 0.15) is 13.1 Å². The summed E-state index contributed by atoms with van der Waals surface area (Å²) in [5.74, 6) is 4.49. The van der Waals surface area contributed by atoms with Gasteiger partial charge in [0.2, 0.25) is 0 Å². The molecule has 0 aromatic rings. The predicted molar refractivity (Wildman–Crippen MR) is 77.0 cm³/mol. The Morgan fingerprint density at radius 1 is 0.789 bits per heavy atom. The van der Waals surface area contributed by atoms with Gasteiger partial charge in [-0.2, -0.15) is 0 Å². The smallest absolute Gasteiger partial charge is 0.127 e. The summed E-state index contributed by atoms with van der Waals surface area (Å²) < 4.78 is 0. The molecular weight excluding hydrogens is 232 g/mol. The molecule has 1 aliphatic heterocycles. The number of nitrogens with two attached hydrogens (primary N) is 1. The second kappa shape index (κ2) is 5.37. The van der Waals surface area contributed by atoms with Crippen molar-refractivity contribution in [2.24, 2.45) is 23.7 Å². The standard InChI is InChI=1S/C17H30N2/c1-2-5-19(6-3-1)7-4-18-17-15-9-13-8-14(11-15)12-16(17)10-13/h13-18H,1-12H2/p+2. The molecule has 0 atom stereocenters.